The highest BCUT2D eigenvalue weighted by molar-refractivity contribution is 7.90. The molecule has 33 heteroatoms. The molecule has 89 heavy (non-hydrogen) atoms. The summed E-state index contributed by atoms with van der Waals surface area (Å²) in [7, 11) is 0. The van der Waals surface area contributed by atoms with Gasteiger partial charge in [0.15, 0.2) is 11.5 Å². The normalized spacial score (nSPS) is 25.4. The average molecular weight is 1290 g/mol. The Hall–Kier alpha value is -7.67. The van der Waals surface area contributed by atoms with Crippen molar-refractivity contribution < 1.29 is 103 Å². The van der Waals surface area contributed by atoms with Crippen LogP contribution in [-0.2, 0) is 42.9 Å². The van der Waals surface area contributed by atoms with E-state index >= 15 is 0 Å². The third-order valence-electron chi connectivity index (χ3n) is 15.1. The van der Waals surface area contributed by atoms with Crippen LogP contribution in [0.2, 0.25) is 0 Å². The zero-order chi connectivity index (χ0) is 64.8. The largest absolute Gasteiger partial charge is 0.504 e. The van der Waals surface area contributed by atoms with Gasteiger partial charge in [-0.05, 0) is 67.4 Å². The molecule has 1 aromatic heterocycles. The number of aliphatic hydroxyl groups is 7. The van der Waals surface area contributed by atoms with E-state index in [2.05, 4.69) is 53.1 Å². The molecule has 31 nitrogen and oxygen atoms in total. The number of hydrogen-bond donors (Lipinski definition) is 15. The highest BCUT2D eigenvalue weighted by Gasteiger charge is 2.50. The van der Waals surface area contributed by atoms with Crippen molar-refractivity contribution in [2.45, 2.75) is 145 Å². The van der Waals surface area contributed by atoms with Gasteiger partial charge in [0, 0.05) is 55.1 Å². The second-order valence-electron chi connectivity index (χ2n) is 21.8. The van der Waals surface area contributed by atoms with Gasteiger partial charge in [0.05, 0.1) is 43.5 Å². The number of β-amino-alcohol motifs (C(OH)–C–C–N with tert-alkyl or cyclic N) is 1. The van der Waals surface area contributed by atoms with Gasteiger partial charge in [-0.15, -0.1) is 10.2 Å². The quantitative estimate of drug-likeness (QED) is 0.0190. The van der Waals surface area contributed by atoms with E-state index in [0.717, 1.165) is 71.9 Å². The number of carbonyl (C=O) groups is 8. The Kier molecular flexibility index (Phi) is 24.5. The number of phenolic OH excluding ortho intramolecular Hbond substituents is 1. The SMILES string of the molecule is CCCCCCOc1ccc(-c2nnc(-c3ccc(C(=O)NC4CC(O)CNC(=O)C5C(O)C(C)CN5C(=O)C(C(O)CC(N)=O)NC(=O)C(C(O)C(O)c5ccc(O)c(OSOOO)c5)NC(=O)C5CC(O)CN5C(=O)C(C(C)O)NC4=O)cc3)s2)cc1. The molecular formula is C56H72N10O21S2. The van der Waals surface area contributed by atoms with E-state index in [4.69, 9.17) is 19.9 Å². The Bertz CT molecular complexity index is 3130. The van der Waals surface area contributed by atoms with Crippen LogP contribution >= 0.6 is 23.7 Å². The molecular weight excluding hydrogens is 1210 g/mol. The molecule has 0 saturated carbocycles. The number of amides is 8. The zero-order valence-corrected chi connectivity index (χ0v) is 50.0. The summed E-state index contributed by atoms with van der Waals surface area (Å²) in [5.74, 6) is -11.2. The number of aromatic nitrogens is 2. The molecule has 3 saturated heterocycles. The van der Waals surface area contributed by atoms with Crippen LogP contribution in [0.25, 0.3) is 21.1 Å². The van der Waals surface area contributed by atoms with Gasteiger partial charge >= 0.3 is 0 Å². The lowest BCUT2D eigenvalue weighted by Crippen LogP contribution is -2.64. The van der Waals surface area contributed by atoms with Crippen molar-refractivity contribution in [3.63, 3.8) is 0 Å². The molecule has 3 fully saturated rings. The fourth-order valence-electron chi connectivity index (χ4n) is 10.3. The van der Waals surface area contributed by atoms with Crippen molar-refractivity contribution in [3.8, 4) is 38.4 Å². The molecule has 0 bridgehead atoms. The van der Waals surface area contributed by atoms with Gasteiger partial charge < -0.3 is 91.9 Å². The fourth-order valence-corrected chi connectivity index (χ4v) is 11.4. The fraction of sp³-hybridized carbons (Fsp3) is 0.500. The maximum atomic E-state index is 14.7. The summed E-state index contributed by atoms with van der Waals surface area (Å²) >= 11 is 1.26. The first-order valence-electron chi connectivity index (χ1n) is 28.4. The minimum Gasteiger partial charge on any atom is -0.504 e. The molecule has 7 rings (SSSR count). The number of ether oxygens (including phenoxy) is 1. The average Bonchev–Trinajstić information content (AvgIpc) is 2.88. The third kappa shape index (κ3) is 17.6. The number of nitrogens with one attached hydrogen (secondary N) is 5. The maximum absolute atomic E-state index is 14.7. The van der Waals surface area contributed by atoms with Gasteiger partial charge in [-0.3, -0.25) is 38.4 Å². The summed E-state index contributed by atoms with van der Waals surface area (Å²) in [4.78, 5) is 115. The van der Waals surface area contributed by atoms with Crippen LogP contribution in [0.5, 0.6) is 17.2 Å². The van der Waals surface area contributed by atoms with Crippen LogP contribution in [0, 0.1) is 5.92 Å². The highest BCUT2D eigenvalue weighted by Crippen LogP contribution is 2.35. The van der Waals surface area contributed by atoms with Crippen LogP contribution in [0.3, 0.4) is 0 Å². The van der Waals surface area contributed by atoms with Crippen LogP contribution in [-0.4, -0.2) is 212 Å². The highest BCUT2D eigenvalue weighted by atomic mass is 32.2. The number of fused-ring (bicyclic) bond motifs is 2. The Balaban J connectivity index is 1.19. The Morgan fingerprint density at radius 2 is 1.43 bits per heavy atom. The first kappa shape index (κ1) is 68.8. The number of benzene rings is 3. The van der Waals surface area contributed by atoms with E-state index in [0.29, 0.717) is 22.2 Å². The smallest absolute Gasteiger partial charge is 0.261 e. The molecule has 0 aliphatic carbocycles. The van der Waals surface area contributed by atoms with E-state index in [1.54, 1.807) is 12.1 Å². The summed E-state index contributed by atoms with van der Waals surface area (Å²) in [6.07, 6.45) is -11.9. The first-order valence-corrected chi connectivity index (χ1v) is 29.9. The molecule has 8 amide bonds. The summed E-state index contributed by atoms with van der Waals surface area (Å²) in [5, 5.41) is 124. The lowest BCUT2D eigenvalue weighted by Gasteiger charge is -2.34. The molecule has 16 N–H and O–H groups in total. The standard InChI is InChI=1S/C56H72N10O21S2/c1-4-5-6-7-18-84-34-15-12-30(13-16-34)54-64-63-53(88-54)29-10-8-28(9-11-29)48(76)59-35-20-32(68)23-58-52(80)44-45(73)26(2)24-66(44)56(82)42(38(71)22-40(57)72)61-51(79)43(47(75)46(74)31-14-17-37(70)39(19-31)85-89-87-86-83)62-50(78)36-21-33(69)25-65(36)55(81)41(27(3)67)60-49(35)77/h8-17,19,26-27,32-33,35-36,38,41-47,67-71,73-75,83H,4-7,18,20-25H2,1-3H3,(H2,57,72)(H,58,80)(H,59,76)(H,60,77)(H,61,79)(H,62,78). The number of rotatable bonds is 21. The molecule has 0 radical (unpaired) electrons. The topological polar surface area (TPSA) is 474 Å². The van der Waals surface area contributed by atoms with Gasteiger partial charge in [-0.1, -0.05) is 72.0 Å². The molecule has 4 aromatic rings. The van der Waals surface area contributed by atoms with E-state index in [1.165, 1.54) is 30.4 Å². The molecule has 3 aliphatic heterocycles. The molecule has 3 aliphatic rings. The summed E-state index contributed by atoms with van der Waals surface area (Å²) < 4.78 is 15.1. The zero-order valence-electron chi connectivity index (χ0n) is 48.3. The monoisotopic (exact) mass is 1280 g/mol. The lowest BCUT2D eigenvalue weighted by atomic mass is 9.96. The first-order chi connectivity index (χ1) is 42.4. The predicted molar refractivity (Wildman–Crippen MR) is 311 cm³/mol. The number of nitrogens with zero attached hydrogens (tertiary/aromatic N) is 4. The number of phenols is 1. The third-order valence-corrected chi connectivity index (χ3v) is 16.5. The van der Waals surface area contributed by atoms with Crippen LogP contribution < -0.4 is 41.2 Å². The van der Waals surface area contributed by atoms with Crippen molar-refractivity contribution in [3.05, 3.63) is 77.9 Å². The van der Waals surface area contributed by atoms with Crippen LogP contribution in [0.1, 0.15) is 87.7 Å². The van der Waals surface area contributed by atoms with Crippen LogP contribution in [0.4, 0.5) is 0 Å². The van der Waals surface area contributed by atoms with E-state index in [-0.39, 0.29) is 23.5 Å². The van der Waals surface area contributed by atoms with E-state index in [9.17, 15) is 79.2 Å². The summed E-state index contributed by atoms with van der Waals surface area (Å²) in [6.45, 7) is 3.43. The number of aliphatic hydroxyl groups excluding tert-OH is 7. The van der Waals surface area contributed by atoms with Gasteiger partial charge in [-0.2, -0.15) is 0 Å². The number of primary amides is 1. The Morgan fingerprint density at radius 3 is 2.07 bits per heavy atom. The number of unbranched alkanes of at least 4 members (excludes halogenated alkanes) is 3. The minimum absolute atomic E-state index is 0.0112. The Labute approximate surface area is 517 Å². The van der Waals surface area contributed by atoms with Crippen molar-refractivity contribution in [1.82, 2.24) is 46.6 Å². The molecule has 0 spiro atoms. The molecule has 3 aromatic carbocycles. The molecule has 484 valence electrons. The van der Waals surface area contributed by atoms with Crippen molar-refractivity contribution in [2.24, 2.45) is 11.7 Å². The summed E-state index contributed by atoms with van der Waals surface area (Å²) in [6, 6.07) is 4.07. The number of hydrogen-bond acceptors (Lipinski definition) is 25. The summed E-state index contributed by atoms with van der Waals surface area (Å²) in [5.41, 5.74) is 6.39. The van der Waals surface area contributed by atoms with Crippen molar-refractivity contribution in [1.29, 1.82) is 0 Å². The minimum atomic E-state index is -2.53. The molecule has 4 heterocycles. The van der Waals surface area contributed by atoms with Gasteiger partial charge in [0.25, 0.3) is 18.2 Å². The Morgan fingerprint density at radius 1 is 0.787 bits per heavy atom. The number of carbonyl (C=O) groups excluding carboxylic acids is 8. The van der Waals surface area contributed by atoms with E-state index < -0.39 is 183 Å². The number of aromatic hydroxyl groups is 1. The van der Waals surface area contributed by atoms with Crippen molar-refractivity contribution in [2.75, 3.05) is 26.2 Å². The van der Waals surface area contributed by atoms with E-state index in [1.807, 2.05) is 24.3 Å². The van der Waals surface area contributed by atoms with Gasteiger partial charge in [0.1, 0.15) is 64.2 Å². The van der Waals surface area contributed by atoms with Crippen LogP contribution in [0.15, 0.2) is 66.7 Å². The second-order valence-corrected chi connectivity index (χ2v) is 23.2. The predicted octanol–water partition coefficient (Wildman–Crippen LogP) is -1.79. The number of nitrogens with two attached hydrogens (primary N) is 1. The van der Waals surface area contributed by atoms with Gasteiger partial charge in [0.2, 0.25) is 41.4 Å². The second kappa shape index (κ2) is 31.7. The van der Waals surface area contributed by atoms with Crippen molar-refractivity contribution >= 4 is 70.9 Å². The maximum Gasteiger partial charge on any atom is 0.261 e. The molecule has 14 unspecified atom stereocenters. The lowest BCUT2D eigenvalue weighted by molar-refractivity contribution is -0.433. The molecule has 14 atom stereocenters. The van der Waals surface area contributed by atoms with Gasteiger partial charge in [-0.25, -0.2) is 5.26 Å².